The highest BCUT2D eigenvalue weighted by Crippen LogP contribution is 2.17. The molecule has 0 atom stereocenters. The molecule has 2 heteroatoms. The molecule has 0 aliphatic rings. The Bertz CT molecular complexity index is 243. The van der Waals surface area contributed by atoms with E-state index in [1.165, 1.54) is 12.7 Å². The third kappa shape index (κ3) is 2.89. The Hall–Kier alpha value is 0.680. The molecule has 0 fully saturated rings. The van der Waals surface area contributed by atoms with E-state index < -0.39 is 0 Å². The van der Waals surface area contributed by atoms with Gasteiger partial charge in [-0.3, -0.25) is 0 Å². The summed E-state index contributed by atoms with van der Waals surface area (Å²) in [6.07, 6.45) is 2.08. The van der Waals surface area contributed by atoms with Gasteiger partial charge in [0.05, 0.1) is 0 Å². The summed E-state index contributed by atoms with van der Waals surface area (Å²) < 4.78 is 2.66. The van der Waals surface area contributed by atoms with E-state index in [-0.39, 0.29) is 0 Å². The van der Waals surface area contributed by atoms with Crippen molar-refractivity contribution in [2.45, 2.75) is 12.8 Å². The van der Waals surface area contributed by atoms with Gasteiger partial charge in [-0.05, 0) is 75.7 Å². The first-order valence-corrected chi connectivity index (χ1v) is 5.63. The zero-order valence-electron chi connectivity index (χ0n) is 6.11. The largest absolute Gasteiger partial charge is 0.0569 e. The zero-order valence-corrected chi connectivity index (χ0v) is 10.4. The van der Waals surface area contributed by atoms with Gasteiger partial charge in [-0.25, -0.2) is 0 Å². The van der Waals surface area contributed by atoms with E-state index in [1.54, 1.807) is 0 Å². The SMILES string of the molecule is [CH2]CCc1ccc(I)cc1I. The lowest BCUT2D eigenvalue weighted by Gasteiger charge is -2.01. The number of rotatable bonds is 2. The van der Waals surface area contributed by atoms with Crippen molar-refractivity contribution in [2.75, 3.05) is 0 Å². The molecule has 59 valence electrons. The van der Waals surface area contributed by atoms with Gasteiger partial charge in [0.1, 0.15) is 0 Å². The van der Waals surface area contributed by atoms with Gasteiger partial charge in [0, 0.05) is 7.14 Å². The first kappa shape index (κ1) is 9.77. The van der Waals surface area contributed by atoms with Crippen LogP contribution in [0, 0.1) is 14.1 Å². The second-order valence-corrected chi connectivity index (χ2v) is 4.75. The molecule has 1 aromatic rings. The Morgan fingerprint density at radius 2 is 2.00 bits per heavy atom. The van der Waals surface area contributed by atoms with Crippen LogP contribution in [0.25, 0.3) is 0 Å². The average molecular weight is 371 g/mol. The minimum absolute atomic E-state index is 0.983. The molecule has 1 aromatic carbocycles. The van der Waals surface area contributed by atoms with Crippen molar-refractivity contribution in [3.05, 3.63) is 37.8 Å². The van der Waals surface area contributed by atoms with Crippen molar-refractivity contribution >= 4 is 45.2 Å². The Morgan fingerprint density at radius 1 is 1.27 bits per heavy atom. The molecule has 11 heavy (non-hydrogen) atoms. The predicted molar refractivity (Wildman–Crippen MR) is 65.6 cm³/mol. The standard InChI is InChI=1S/C9H9I2/c1-2-3-7-4-5-8(10)6-9(7)11/h4-6H,1-3H2. The Kier molecular flexibility index (Phi) is 4.12. The van der Waals surface area contributed by atoms with Crippen molar-refractivity contribution in [2.24, 2.45) is 0 Å². The molecule has 0 N–H and O–H groups in total. The second-order valence-electron chi connectivity index (χ2n) is 2.34. The van der Waals surface area contributed by atoms with Gasteiger partial charge in [-0.1, -0.05) is 13.0 Å². The minimum Gasteiger partial charge on any atom is -0.0569 e. The van der Waals surface area contributed by atoms with E-state index in [9.17, 15) is 0 Å². The summed E-state index contributed by atoms with van der Waals surface area (Å²) in [5.41, 5.74) is 1.42. The second kappa shape index (κ2) is 4.64. The van der Waals surface area contributed by atoms with E-state index in [0.29, 0.717) is 0 Å². The first-order valence-electron chi connectivity index (χ1n) is 3.47. The molecule has 0 nitrogen and oxygen atoms in total. The maximum atomic E-state index is 3.84. The van der Waals surface area contributed by atoms with Crippen LogP contribution in [0.3, 0.4) is 0 Å². The molecule has 0 unspecified atom stereocenters. The summed E-state index contributed by atoms with van der Waals surface area (Å²) >= 11 is 4.71. The number of halogens is 2. The van der Waals surface area contributed by atoms with E-state index in [1.807, 2.05) is 0 Å². The van der Waals surface area contributed by atoms with Gasteiger partial charge in [0.25, 0.3) is 0 Å². The summed E-state index contributed by atoms with van der Waals surface area (Å²) in [4.78, 5) is 0. The summed E-state index contributed by atoms with van der Waals surface area (Å²) in [5, 5.41) is 0. The number of benzene rings is 1. The van der Waals surface area contributed by atoms with Crippen molar-refractivity contribution in [1.29, 1.82) is 0 Å². The van der Waals surface area contributed by atoms with Crippen LogP contribution in [0.1, 0.15) is 12.0 Å². The molecule has 0 heterocycles. The van der Waals surface area contributed by atoms with Crippen LogP contribution in [0.15, 0.2) is 18.2 Å². The maximum absolute atomic E-state index is 3.84. The van der Waals surface area contributed by atoms with Gasteiger partial charge in [0.15, 0.2) is 0 Å². The molecule has 1 rings (SSSR count). The number of aryl methyl sites for hydroxylation is 1. The van der Waals surface area contributed by atoms with E-state index in [4.69, 9.17) is 0 Å². The lowest BCUT2D eigenvalue weighted by molar-refractivity contribution is 0.991. The third-order valence-electron chi connectivity index (χ3n) is 1.46. The van der Waals surface area contributed by atoms with E-state index >= 15 is 0 Å². The molecule has 0 amide bonds. The summed E-state index contributed by atoms with van der Waals surface area (Å²) in [7, 11) is 0. The third-order valence-corrected chi connectivity index (χ3v) is 3.14. The molecule has 0 saturated heterocycles. The summed E-state index contributed by atoms with van der Waals surface area (Å²) in [6.45, 7) is 3.84. The highest BCUT2D eigenvalue weighted by atomic mass is 127. The monoisotopic (exact) mass is 371 g/mol. The fourth-order valence-corrected chi connectivity index (χ4v) is 2.79. The molecule has 0 saturated carbocycles. The summed E-state index contributed by atoms with van der Waals surface area (Å²) in [5.74, 6) is 0. The number of hydrogen-bond donors (Lipinski definition) is 0. The van der Waals surface area contributed by atoms with E-state index in [0.717, 1.165) is 12.8 Å². The predicted octanol–water partition coefficient (Wildman–Crippen LogP) is 3.66. The Morgan fingerprint density at radius 3 is 2.55 bits per heavy atom. The highest BCUT2D eigenvalue weighted by Gasteiger charge is 1.97. The van der Waals surface area contributed by atoms with Crippen LogP contribution in [0.4, 0.5) is 0 Å². The van der Waals surface area contributed by atoms with Gasteiger partial charge in [-0.15, -0.1) is 0 Å². The molecular formula is C9H9I2. The molecule has 0 aliphatic carbocycles. The van der Waals surface area contributed by atoms with Crippen molar-refractivity contribution in [3.8, 4) is 0 Å². The first-order chi connectivity index (χ1) is 5.24. The Labute approximate surface area is 95.0 Å². The van der Waals surface area contributed by atoms with Crippen molar-refractivity contribution in [1.82, 2.24) is 0 Å². The normalized spacial score (nSPS) is 10.1. The highest BCUT2D eigenvalue weighted by molar-refractivity contribution is 14.1. The van der Waals surface area contributed by atoms with Crippen molar-refractivity contribution in [3.63, 3.8) is 0 Å². The average Bonchev–Trinajstić information content (AvgIpc) is 1.95. The lowest BCUT2D eigenvalue weighted by Crippen LogP contribution is -1.88. The minimum atomic E-state index is 0.983. The smallest absolute Gasteiger partial charge is 0.0172 e. The molecule has 1 radical (unpaired) electrons. The quantitative estimate of drug-likeness (QED) is 0.697. The fraction of sp³-hybridized carbons (Fsp3) is 0.222. The molecule has 0 spiro atoms. The van der Waals surface area contributed by atoms with Gasteiger partial charge in [-0.2, -0.15) is 0 Å². The number of hydrogen-bond acceptors (Lipinski definition) is 0. The molecular weight excluding hydrogens is 362 g/mol. The van der Waals surface area contributed by atoms with Gasteiger partial charge < -0.3 is 0 Å². The Balaban J connectivity index is 2.90. The van der Waals surface area contributed by atoms with Crippen LogP contribution in [0.2, 0.25) is 0 Å². The van der Waals surface area contributed by atoms with Gasteiger partial charge in [0.2, 0.25) is 0 Å². The molecule has 0 bridgehead atoms. The molecule has 0 aliphatic heterocycles. The lowest BCUT2D eigenvalue weighted by atomic mass is 10.1. The maximum Gasteiger partial charge on any atom is 0.0172 e. The van der Waals surface area contributed by atoms with E-state index in [2.05, 4.69) is 70.3 Å². The van der Waals surface area contributed by atoms with Crippen LogP contribution < -0.4 is 0 Å². The fourth-order valence-electron chi connectivity index (χ4n) is 0.915. The van der Waals surface area contributed by atoms with Crippen LogP contribution >= 0.6 is 45.2 Å². The van der Waals surface area contributed by atoms with Crippen LogP contribution in [0.5, 0.6) is 0 Å². The zero-order chi connectivity index (χ0) is 8.27. The van der Waals surface area contributed by atoms with Gasteiger partial charge >= 0.3 is 0 Å². The van der Waals surface area contributed by atoms with Crippen LogP contribution in [-0.4, -0.2) is 0 Å². The topological polar surface area (TPSA) is 0 Å². The molecule has 0 aromatic heterocycles. The van der Waals surface area contributed by atoms with Crippen LogP contribution in [-0.2, 0) is 6.42 Å². The van der Waals surface area contributed by atoms with Crippen molar-refractivity contribution < 1.29 is 0 Å². The summed E-state index contributed by atoms with van der Waals surface area (Å²) in [6, 6.07) is 6.54.